The van der Waals surface area contributed by atoms with Crippen LogP contribution in [0.5, 0.6) is 0 Å². The number of sulfonamides is 1. The van der Waals surface area contributed by atoms with Gasteiger partial charge >= 0.3 is 0 Å². The van der Waals surface area contributed by atoms with Crippen molar-refractivity contribution in [1.29, 1.82) is 0 Å². The van der Waals surface area contributed by atoms with E-state index in [2.05, 4.69) is 20.7 Å². The van der Waals surface area contributed by atoms with Gasteiger partial charge in [-0.25, -0.2) is 13.1 Å². The van der Waals surface area contributed by atoms with Gasteiger partial charge in [-0.05, 0) is 40.4 Å². The predicted molar refractivity (Wildman–Crippen MR) is 89.9 cm³/mol. The summed E-state index contributed by atoms with van der Waals surface area (Å²) in [6, 6.07) is 2.93. The van der Waals surface area contributed by atoms with E-state index in [1.165, 1.54) is 44.2 Å². The summed E-state index contributed by atoms with van der Waals surface area (Å²) < 4.78 is 27.7. The molecule has 0 aliphatic heterocycles. The van der Waals surface area contributed by atoms with E-state index in [9.17, 15) is 8.42 Å². The third kappa shape index (κ3) is 4.58. The highest BCUT2D eigenvalue weighted by Crippen LogP contribution is 2.31. The van der Waals surface area contributed by atoms with Crippen LogP contribution in [-0.2, 0) is 10.0 Å². The summed E-state index contributed by atoms with van der Waals surface area (Å²) in [5.74, 6) is 0.634. The van der Waals surface area contributed by atoms with Crippen molar-refractivity contribution in [1.82, 2.24) is 4.72 Å². The zero-order chi connectivity index (χ0) is 15.5. The molecule has 0 atom stereocenters. The molecule has 0 spiro atoms. The first-order valence-corrected chi connectivity index (χ1v) is 9.80. The molecular formula is C14H20BrClN2O2S. The Hall–Kier alpha value is -0.300. The molecular weight excluding hydrogens is 376 g/mol. The van der Waals surface area contributed by atoms with Gasteiger partial charge in [0.25, 0.3) is 0 Å². The second-order valence-electron chi connectivity index (χ2n) is 5.50. The van der Waals surface area contributed by atoms with Crippen molar-refractivity contribution < 1.29 is 8.42 Å². The van der Waals surface area contributed by atoms with Gasteiger partial charge in [-0.3, -0.25) is 0 Å². The number of nitrogen functional groups attached to an aromatic ring is 1. The predicted octanol–water partition coefficient (Wildman–Crippen LogP) is 3.93. The van der Waals surface area contributed by atoms with Crippen LogP contribution >= 0.6 is 27.5 Å². The van der Waals surface area contributed by atoms with Gasteiger partial charge < -0.3 is 5.73 Å². The molecule has 1 aliphatic rings. The topological polar surface area (TPSA) is 72.2 Å². The highest BCUT2D eigenvalue weighted by atomic mass is 79.9. The molecule has 0 aromatic heterocycles. The molecule has 1 saturated carbocycles. The smallest absolute Gasteiger partial charge is 0.241 e. The Labute approximate surface area is 139 Å². The van der Waals surface area contributed by atoms with Crippen molar-refractivity contribution in [3.05, 3.63) is 21.6 Å². The van der Waals surface area contributed by atoms with Crippen LogP contribution in [0, 0.1) is 5.92 Å². The number of hydrogen-bond acceptors (Lipinski definition) is 3. The molecule has 1 aliphatic carbocycles. The Morgan fingerprint density at radius 1 is 1.29 bits per heavy atom. The van der Waals surface area contributed by atoms with Crippen LogP contribution in [0.3, 0.4) is 0 Å². The normalized spacial score (nSPS) is 17.0. The van der Waals surface area contributed by atoms with Crippen LogP contribution < -0.4 is 10.5 Å². The lowest BCUT2D eigenvalue weighted by Gasteiger charge is -2.21. The van der Waals surface area contributed by atoms with Crippen molar-refractivity contribution in [2.24, 2.45) is 5.92 Å². The van der Waals surface area contributed by atoms with Crippen LogP contribution in [-0.4, -0.2) is 15.0 Å². The van der Waals surface area contributed by atoms with Crippen LogP contribution in [0.25, 0.3) is 0 Å². The highest BCUT2D eigenvalue weighted by Gasteiger charge is 2.21. The van der Waals surface area contributed by atoms with E-state index in [1.807, 2.05) is 0 Å². The molecule has 0 unspecified atom stereocenters. The number of rotatable bonds is 5. The monoisotopic (exact) mass is 394 g/mol. The Morgan fingerprint density at radius 2 is 1.95 bits per heavy atom. The maximum Gasteiger partial charge on any atom is 0.241 e. The van der Waals surface area contributed by atoms with E-state index >= 15 is 0 Å². The van der Waals surface area contributed by atoms with Crippen LogP contribution in [0.4, 0.5) is 5.69 Å². The molecule has 21 heavy (non-hydrogen) atoms. The number of halogens is 2. The third-order valence-corrected chi connectivity index (χ3v) is 6.74. The van der Waals surface area contributed by atoms with E-state index in [1.54, 1.807) is 0 Å². The molecule has 0 bridgehead atoms. The Balaban J connectivity index is 2.01. The SMILES string of the molecule is Nc1cc(Cl)cc(S(=O)(=O)NCCC2CCCCC2)c1Br. The maximum atomic E-state index is 12.3. The highest BCUT2D eigenvalue weighted by molar-refractivity contribution is 9.10. The van der Waals surface area contributed by atoms with E-state index < -0.39 is 10.0 Å². The van der Waals surface area contributed by atoms with Gasteiger partial charge in [0.05, 0.1) is 9.37 Å². The van der Waals surface area contributed by atoms with E-state index in [-0.39, 0.29) is 4.90 Å². The lowest BCUT2D eigenvalue weighted by atomic mass is 9.87. The molecule has 7 heteroatoms. The first-order valence-electron chi connectivity index (χ1n) is 7.14. The fourth-order valence-corrected chi connectivity index (χ4v) is 5.07. The standard InChI is InChI=1S/C14H20BrClN2O2S/c15-14-12(17)8-11(16)9-13(14)21(19,20)18-7-6-10-4-2-1-3-5-10/h8-10,18H,1-7,17H2. The molecule has 2 rings (SSSR count). The molecule has 3 N–H and O–H groups in total. The lowest BCUT2D eigenvalue weighted by molar-refractivity contribution is 0.339. The van der Waals surface area contributed by atoms with Gasteiger partial charge in [0.2, 0.25) is 10.0 Å². The largest absolute Gasteiger partial charge is 0.398 e. The Morgan fingerprint density at radius 3 is 2.62 bits per heavy atom. The van der Waals surface area contributed by atoms with Crippen molar-refractivity contribution >= 4 is 43.2 Å². The van der Waals surface area contributed by atoms with E-state index in [4.69, 9.17) is 17.3 Å². The fraction of sp³-hybridized carbons (Fsp3) is 0.571. The molecule has 118 valence electrons. The molecule has 1 fully saturated rings. The van der Waals surface area contributed by atoms with Gasteiger partial charge in [-0.1, -0.05) is 43.7 Å². The van der Waals surface area contributed by atoms with Gasteiger partial charge in [0, 0.05) is 17.3 Å². The summed E-state index contributed by atoms with van der Waals surface area (Å²) in [5, 5.41) is 0.309. The van der Waals surface area contributed by atoms with E-state index in [0.29, 0.717) is 27.6 Å². The second kappa shape index (κ2) is 7.31. The minimum atomic E-state index is -3.60. The average molecular weight is 396 g/mol. The lowest BCUT2D eigenvalue weighted by Crippen LogP contribution is -2.27. The Kier molecular flexibility index (Phi) is 5.94. The first kappa shape index (κ1) is 17.1. The molecule has 4 nitrogen and oxygen atoms in total. The van der Waals surface area contributed by atoms with Gasteiger partial charge in [0.1, 0.15) is 0 Å². The maximum absolute atomic E-state index is 12.3. The van der Waals surface area contributed by atoms with Crippen LogP contribution in [0.1, 0.15) is 38.5 Å². The first-order chi connectivity index (χ1) is 9.90. The second-order valence-corrected chi connectivity index (χ2v) is 8.46. The summed E-state index contributed by atoms with van der Waals surface area (Å²) in [5.41, 5.74) is 6.06. The van der Waals surface area contributed by atoms with Gasteiger partial charge in [-0.2, -0.15) is 0 Å². The molecule has 0 saturated heterocycles. The third-order valence-electron chi connectivity index (χ3n) is 3.89. The minimum Gasteiger partial charge on any atom is -0.398 e. The summed E-state index contributed by atoms with van der Waals surface area (Å²) >= 11 is 9.11. The van der Waals surface area contributed by atoms with Crippen molar-refractivity contribution in [3.63, 3.8) is 0 Å². The number of nitrogens with one attached hydrogen (secondary N) is 1. The van der Waals surface area contributed by atoms with Gasteiger partial charge in [-0.15, -0.1) is 0 Å². The number of nitrogens with two attached hydrogens (primary N) is 1. The van der Waals surface area contributed by atoms with Crippen LogP contribution in [0.2, 0.25) is 5.02 Å². The zero-order valence-electron chi connectivity index (χ0n) is 11.7. The molecule has 0 amide bonds. The number of benzene rings is 1. The number of anilines is 1. The minimum absolute atomic E-state index is 0.0937. The van der Waals surface area contributed by atoms with Crippen molar-refractivity contribution in [3.8, 4) is 0 Å². The quantitative estimate of drug-likeness (QED) is 0.742. The number of hydrogen-bond donors (Lipinski definition) is 2. The van der Waals surface area contributed by atoms with Crippen molar-refractivity contribution in [2.75, 3.05) is 12.3 Å². The van der Waals surface area contributed by atoms with Crippen LogP contribution in [0.15, 0.2) is 21.5 Å². The van der Waals surface area contributed by atoms with Crippen molar-refractivity contribution in [2.45, 2.75) is 43.4 Å². The zero-order valence-corrected chi connectivity index (χ0v) is 14.9. The summed E-state index contributed by atoms with van der Waals surface area (Å²) in [4.78, 5) is 0.0937. The van der Waals surface area contributed by atoms with Gasteiger partial charge in [0.15, 0.2) is 0 Å². The summed E-state index contributed by atoms with van der Waals surface area (Å²) in [6.07, 6.45) is 7.11. The molecule has 0 radical (unpaired) electrons. The molecule has 0 heterocycles. The van der Waals surface area contributed by atoms with E-state index in [0.717, 1.165) is 6.42 Å². The average Bonchev–Trinajstić information content (AvgIpc) is 2.43. The summed E-state index contributed by atoms with van der Waals surface area (Å²) in [7, 11) is -3.60. The fourth-order valence-electron chi connectivity index (χ4n) is 2.73. The molecule has 1 aromatic rings. The Bertz CT molecular complexity index is 601. The summed E-state index contributed by atoms with van der Waals surface area (Å²) in [6.45, 7) is 0.450. The molecule has 1 aromatic carbocycles.